The van der Waals surface area contributed by atoms with E-state index in [1.54, 1.807) is 30.5 Å². The summed E-state index contributed by atoms with van der Waals surface area (Å²) < 4.78 is 10.1. The lowest BCUT2D eigenvalue weighted by molar-refractivity contribution is 0.0955. The normalized spacial score (nSPS) is 10.5. The summed E-state index contributed by atoms with van der Waals surface area (Å²) in [6.45, 7) is 0. The van der Waals surface area contributed by atoms with Gasteiger partial charge in [0.15, 0.2) is 11.5 Å². The number of rotatable bonds is 5. The molecule has 2 N–H and O–H groups in total. The topological polar surface area (TPSA) is 93.0 Å². The van der Waals surface area contributed by atoms with Gasteiger partial charge in [-0.05, 0) is 24.3 Å². The molecule has 0 unspecified atom stereocenters. The van der Waals surface area contributed by atoms with E-state index in [9.17, 15) is 9.90 Å². The number of carbonyl (C=O) groups is 1. The van der Waals surface area contributed by atoms with E-state index in [0.717, 1.165) is 0 Å². The fourth-order valence-corrected chi connectivity index (χ4v) is 1.72. The van der Waals surface area contributed by atoms with E-state index in [4.69, 9.17) is 9.47 Å². The number of nitrogens with zero attached hydrogens (tertiary/aromatic N) is 2. The molecule has 0 bridgehead atoms. The Labute approximate surface area is 127 Å². The number of aromatic nitrogens is 1. The van der Waals surface area contributed by atoms with Gasteiger partial charge in [0.25, 0.3) is 5.91 Å². The number of carbonyl (C=O) groups excluding carboxylic acids is 1. The Bertz CT molecular complexity index is 661. The van der Waals surface area contributed by atoms with Crippen LogP contribution in [0.1, 0.15) is 15.9 Å². The molecule has 0 spiro atoms. The van der Waals surface area contributed by atoms with Gasteiger partial charge in [0.2, 0.25) is 5.75 Å². The molecule has 7 heteroatoms. The Hall–Kier alpha value is -3.09. The number of ether oxygens (including phenoxy) is 2. The second-order valence-electron chi connectivity index (χ2n) is 4.21. The average molecular weight is 301 g/mol. The van der Waals surface area contributed by atoms with E-state index in [-0.39, 0.29) is 23.2 Å². The van der Waals surface area contributed by atoms with Crippen LogP contribution in [0, 0.1) is 0 Å². The van der Waals surface area contributed by atoms with Crippen LogP contribution in [0.4, 0.5) is 0 Å². The first-order valence-electron chi connectivity index (χ1n) is 6.34. The summed E-state index contributed by atoms with van der Waals surface area (Å²) >= 11 is 0. The van der Waals surface area contributed by atoms with E-state index < -0.39 is 0 Å². The van der Waals surface area contributed by atoms with Crippen LogP contribution in [0.15, 0.2) is 41.8 Å². The SMILES string of the molecule is COc1cc(C=NNC(=O)c2cccnc2)cc(OC)c1O. The third-order valence-corrected chi connectivity index (χ3v) is 2.81. The third kappa shape index (κ3) is 3.51. The smallest absolute Gasteiger partial charge is 0.272 e. The molecule has 0 aliphatic rings. The molecule has 1 amide bonds. The number of nitrogens with one attached hydrogen (secondary N) is 1. The fourth-order valence-electron chi connectivity index (χ4n) is 1.72. The summed E-state index contributed by atoms with van der Waals surface area (Å²) in [5.74, 6) is 0.0300. The van der Waals surface area contributed by atoms with E-state index in [1.165, 1.54) is 26.6 Å². The minimum absolute atomic E-state index is 0.0958. The standard InChI is InChI=1S/C15H15N3O4/c1-21-12-6-10(7-13(22-2)14(12)19)8-17-18-15(20)11-4-3-5-16-9-11/h3-9,19H,1-2H3,(H,18,20). The number of hydrogen-bond acceptors (Lipinski definition) is 6. The van der Waals surface area contributed by atoms with Crippen molar-refractivity contribution in [1.82, 2.24) is 10.4 Å². The van der Waals surface area contributed by atoms with E-state index in [2.05, 4.69) is 15.5 Å². The van der Waals surface area contributed by atoms with Gasteiger partial charge in [-0.3, -0.25) is 9.78 Å². The highest BCUT2D eigenvalue weighted by Gasteiger charge is 2.10. The van der Waals surface area contributed by atoms with E-state index >= 15 is 0 Å². The highest BCUT2D eigenvalue weighted by atomic mass is 16.5. The summed E-state index contributed by atoms with van der Waals surface area (Å²) in [5, 5.41) is 13.7. The largest absolute Gasteiger partial charge is 0.502 e. The van der Waals surface area contributed by atoms with Gasteiger partial charge < -0.3 is 14.6 Å². The summed E-state index contributed by atoms with van der Waals surface area (Å²) in [6.07, 6.45) is 4.44. The Balaban J connectivity index is 2.12. The van der Waals surface area contributed by atoms with Crippen LogP contribution >= 0.6 is 0 Å². The molecule has 0 aliphatic carbocycles. The van der Waals surface area contributed by atoms with Crippen LogP contribution in [0.25, 0.3) is 0 Å². The highest BCUT2D eigenvalue weighted by Crippen LogP contribution is 2.36. The molecule has 7 nitrogen and oxygen atoms in total. The van der Waals surface area contributed by atoms with Crippen LogP contribution in [-0.4, -0.2) is 36.4 Å². The van der Waals surface area contributed by atoms with Gasteiger partial charge in [-0.2, -0.15) is 5.10 Å². The van der Waals surface area contributed by atoms with E-state index in [1.807, 2.05) is 0 Å². The lowest BCUT2D eigenvalue weighted by Gasteiger charge is -2.09. The number of methoxy groups -OCH3 is 2. The Morgan fingerprint density at radius 2 is 2.00 bits per heavy atom. The predicted molar refractivity (Wildman–Crippen MR) is 80.5 cm³/mol. The first kappa shape index (κ1) is 15.3. The van der Waals surface area contributed by atoms with Crippen molar-refractivity contribution in [3.05, 3.63) is 47.8 Å². The molecule has 2 rings (SSSR count). The van der Waals surface area contributed by atoms with Crippen LogP contribution in [-0.2, 0) is 0 Å². The minimum atomic E-state index is -0.373. The minimum Gasteiger partial charge on any atom is -0.502 e. The van der Waals surface area contributed by atoms with Crippen molar-refractivity contribution in [3.63, 3.8) is 0 Å². The van der Waals surface area contributed by atoms with Gasteiger partial charge in [-0.15, -0.1) is 0 Å². The Morgan fingerprint density at radius 3 is 2.55 bits per heavy atom. The number of amides is 1. The lowest BCUT2D eigenvalue weighted by Crippen LogP contribution is -2.17. The van der Waals surface area contributed by atoms with Crippen molar-refractivity contribution in [1.29, 1.82) is 0 Å². The maximum absolute atomic E-state index is 11.8. The number of benzene rings is 1. The number of aromatic hydroxyl groups is 1. The van der Waals surface area contributed by atoms with Crippen molar-refractivity contribution < 1.29 is 19.4 Å². The molecule has 0 aliphatic heterocycles. The molecule has 22 heavy (non-hydrogen) atoms. The molecule has 0 saturated heterocycles. The molecule has 0 fully saturated rings. The average Bonchev–Trinajstić information content (AvgIpc) is 2.56. The molecular formula is C15H15N3O4. The van der Waals surface area contributed by atoms with Gasteiger partial charge in [0.1, 0.15) is 0 Å². The zero-order valence-corrected chi connectivity index (χ0v) is 12.1. The van der Waals surface area contributed by atoms with Gasteiger partial charge in [0, 0.05) is 18.0 Å². The Morgan fingerprint density at radius 1 is 1.32 bits per heavy atom. The first-order valence-corrected chi connectivity index (χ1v) is 6.34. The summed E-state index contributed by atoms with van der Waals surface area (Å²) in [6, 6.07) is 6.42. The molecule has 1 aromatic heterocycles. The van der Waals surface area contributed by atoms with Crippen LogP contribution < -0.4 is 14.9 Å². The molecule has 1 heterocycles. The molecule has 2 aromatic rings. The maximum Gasteiger partial charge on any atom is 0.272 e. The quantitative estimate of drug-likeness (QED) is 0.646. The molecule has 114 valence electrons. The monoisotopic (exact) mass is 301 g/mol. The number of pyridine rings is 1. The second-order valence-corrected chi connectivity index (χ2v) is 4.21. The van der Waals surface area contributed by atoms with Crippen molar-refractivity contribution in [3.8, 4) is 17.2 Å². The van der Waals surface area contributed by atoms with Crippen molar-refractivity contribution >= 4 is 12.1 Å². The fraction of sp³-hybridized carbons (Fsp3) is 0.133. The number of hydrazone groups is 1. The molecular weight excluding hydrogens is 286 g/mol. The van der Waals surface area contributed by atoms with E-state index in [0.29, 0.717) is 11.1 Å². The highest BCUT2D eigenvalue weighted by molar-refractivity contribution is 5.94. The van der Waals surface area contributed by atoms with Crippen LogP contribution in [0.3, 0.4) is 0 Å². The summed E-state index contributed by atoms with van der Waals surface area (Å²) in [5.41, 5.74) is 3.38. The molecule has 0 radical (unpaired) electrons. The van der Waals surface area contributed by atoms with Gasteiger partial charge >= 0.3 is 0 Å². The number of phenols is 1. The summed E-state index contributed by atoms with van der Waals surface area (Å²) in [4.78, 5) is 15.6. The van der Waals surface area contributed by atoms with Gasteiger partial charge in [-0.1, -0.05) is 0 Å². The summed E-state index contributed by atoms with van der Waals surface area (Å²) in [7, 11) is 2.86. The van der Waals surface area contributed by atoms with Crippen LogP contribution in [0.2, 0.25) is 0 Å². The zero-order chi connectivity index (χ0) is 15.9. The second kappa shape index (κ2) is 7.07. The van der Waals surface area contributed by atoms with Crippen LogP contribution in [0.5, 0.6) is 17.2 Å². The predicted octanol–water partition coefficient (Wildman–Crippen LogP) is 1.57. The zero-order valence-electron chi connectivity index (χ0n) is 12.1. The molecule has 1 aromatic carbocycles. The number of phenolic OH excluding ortho intramolecular Hbond substituents is 1. The van der Waals surface area contributed by atoms with Crippen molar-refractivity contribution in [2.45, 2.75) is 0 Å². The van der Waals surface area contributed by atoms with Gasteiger partial charge in [0.05, 0.1) is 26.0 Å². The molecule has 0 atom stereocenters. The lowest BCUT2D eigenvalue weighted by atomic mass is 10.2. The first-order chi connectivity index (χ1) is 10.7. The third-order valence-electron chi connectivity index (χ3n) is 2.81. The molecule has 0 saturated carbocycles. The van der Waals surface area contributed by atoms with Crippen molar-refractivity contribution in [2.24, 2.45) is 5.10 Å². The number of hydrogen-bond donors (Lipinski definition) is 2. The Kier molecular flexibility index (Phi) is 4.92. The van der Waals surface area contributed by atoms with Crippen molar-refractivity contribution in [2.75, 3.05) is 14.2 Å². The maximum atomic E-state index is 11.8. The van der Waals surface area contributed by atoms with Gasteiger partial charge in [-0.25, -0.2) is 5.43 Å².